The summed E-state index contributed by atoms with van der Waals surface area (Å²) in [5, 5.41) is 13.1. The minimum Gasteiger partial charge on any atom is -0.453 e. The van der Waals surface area contributed by atoms with E-state index in [0.717, 1.165) is 17.2 Å². The van der Waals surface area contributed by atoms with E-state index >= 15 is 0 Å². The monoisotopic (exact) mass is 572 g/mol. The van der Waals surface area contributed by atoms with Gasteiger partial charge in [0.05, 0.1) is 30.5 Å². The Labute approximate surface area is 242 Å². The zero-order chi connectivity index (χ0) is 30.4. The molecule has 0 spiro atoms. The molecule has 0 radical (unpaired) electrons. The largest absolute Gasteiger partial charge is 0.453 e. The molecule has 2 heterocycles. The van der Waals surface area contributed by atoms with E-state index in [1.54, 1.807) is 38.1 Å². The molecule has 0 saturated carbocycles. The fourth-order valence-corrected chi connectivity index (χ4v) is 4.30. The summed E-state index contributed by atoms with van der Waals surface area (Å²) in [4.78, 5) is 55.9. The minimum absolute atomic E-state index is 0.233. The van der Waals surface area contributed by atoms with Gasteiger partial charge in [0, 0.05) is 0 Å². The maximum Gasteiger partial charge on any atom is 0.412 e. The first-order valence-corrected chi connectivity index (χ1v) is 13.3. The summed E-state index contributed by atoms with van der Waals surface area (Å²) in [6.07, 6.45) is 0.484. The van der Waals surface area contributed by atoms with Crippen LogP contribution in [0.3, 0.4) is 0 Å². The lowest BCUT2D eigenvalue weighted by atomic mass is 9.85. The van der Waals surface area contributed by atoms with Crippen molar-refractivity contribution in [2.45, 2.75) is 45.7 Å². The third-order valence-electron chi connectivity index (χ3n) is 6.76. The van der Waals surface area contributed by atoms with Crippen molar-refractivity contribution < 1.29 is 23.5 Å². The molecule has 2 aromatic heterocycles. The number of carbonyl (C=O) groups is 3. The zero-order valence-electron chi connectivity index (χ0n) is 24.0. The lowest BCUT2D eigenvalue weighted by molar-refractivity contribution is -0.122. The van der Waals surface area contributed by atoms with Crippen molar-refractivity contribution in [3.05, 3.63) is 94.6 Å². The van der Waals surface area contributed by atoms with E-state index in [1.165, 1.54) is 6.20 Å². The van der Waals surface area contributed by atoms with Gasteiger partial charge in [-0.15, -0.1) is 10.2 Å². The van der Waals surface area contributed by atoms with Gasteiger partial charge in [-0.25, -0.2) is 9.78 Å². The van der Waals surface area contributed by atoms with Crippen LogP contribution in [0.1, 0.15) is 49.8 Å². The Kier molecular flexibility index (Phi) is 8.94. The normalized spacial score (nSPS) is 12.0. The molecule has 0 aliphatic heterocycles. The summed E-state index contributed by atoms with van der Waals surface area (Å²) in [6, 6.07) is 17.4. The average molecular weight is 573 g/mol. The molecule has 2 N–H and O–H groups in total. The van der Waals surface area contributed by atoms with Crippen LogP contribution in [0.2, 0.25) is 0 Å². The number of hydrogen-bond acceptors (Lipinski definition) is 9. The number of benzene rings is 2. The Bertz CT molecular complexity index is 1630. The van der Waals surface area contributed by atoms with Crippen molar-refractivity contribution in [2.24, 2.45) is 5.92 Å². The Morgan fingerprint density at radius 3 is 2.26 bits per heavy atom. The predicted octanol–water partition coefficient (Wildman–Crippen LogP) is 3.82. The van der Waals surface area contributed by atoms with E-state index in [9.17, 15) is 19.2 Å². The molecule has 0 aliphatic carbocycles. The zero-order valence-corrected chi connectivity index (χ0v) is 24.0. The van der Waals surface area contributed by atoms with Crippen molar-refractivity contribution in [2.75, 3.05) is 12.4 Å². The van der Waals surface area contributed by atoms with Gasteiger partial charge in [-0.1, -0.05) is 74.5 Å². The van der Waals surface area contributed by atoms with Crippen LogP contribution in [0.5, 0.6) is 0 Å². The van der Waals surface area contributed by atoms with E-state index in [2.05, 4.69) is 30.6 Å². The summed E-state index contributed by atoms with van der Waals surface area (Å²) in [5.41, 5.74) is 0.502. The van der Waals surface area contributed by atoms with Crippen LogP contribution in [0, 0.1) is 5.92 Å². The fourth-order valence-electron chi connectivity index (χ4n) is 4.30. The van der Waals surface area contributed by atoms with Gasteiger partial charge in [0.2, 0.25) is 23.4 Å². The highest BCUT2D eigenvalue weighted by Crippen LogP contribution is 2.30. The highest BCUT2D eigenvalue weighted by Gasteiger charge is 2.34. The van der Waals surface area contributed by atoms with Gasteiger partial charge in [-0.05, 0) is 30.9 Å². The van der Waals surface area contributed by atoms with Crippen LogP contribution >= 0.6 is 0 Å². The molecular weight excluding hydrogens is 540 g/mol. The third-order valence-corrected chi connectivity index (χ3v) is 6.76. The SMILES string of the molecule is COC(=O)Nc1ncc(-c2ccccc2)n(CC(=O)N[C@@H](C(=O)c2nnc(C(C)(C)c3ccccc3)o2)C(C)C)c1=O. The maximum atomic E-state index is 13.5. The summed E-state index contributed by atoms with van der Waals surface area (Å²) in [7, 11) is 1.15. The number of anilines is 1. The fraction of sp³-hybridized carbons (Fsp3) is 0.300. The number of Topliss-reactive ketones (excluding diaryl/α,β-unsaturated/α-hetero) is 1. The van der Waals surface area contributed by atoms with Gasteiger partial charge in [-0.2, -0.15) is 0 Å². The topological polar surface area (TPSA) is 158 Å². The number of ketones is 1. The number of amides is 2. The van der Waals surface area contributed by atoms with Crippen LogP contribution in [-0.4, -0.2) is 50.7 Å². The summed E-state index contributed by atoms with van der Waals surface area (Å²) in [5.74, 6) is -1.82. The number of rotatable bonds is 10. The molecule has 1 atom stereocenters. The van der Waals surface area contributed by atoms with Crippen LogP contribution in [0.25, 0.3) is 11.3 Å². The van der Waals surface area contributed by atoms with Gasteiger partial charge in [0.25, 0.3) is 11.4 Å². The second-order valence-electron chi connectivity index (χ2n) is 10.4. The van der Waals surface area contributed by atoms with E-state index in [0.29, 0.717) is 11.3 Å². The van der Waals surface area contributed by atoms with Gasteiger partial charge in [-0.3, -0.25) is 24.3 Å². The molecule has 0 bridgehead atoms. The van der Waals surface area contributed by atoms with Crippen molar-refractivity contribution >= 4 is 23.6 Å². The highest BCUT2D eigenvalue weighted by molar-refractivity contribution is 5.98. The van der Waals surface area contributed by atoms with Crippen LogP contribution in [0.4, 0.5) is 10.6 Å². The molecular formula is C30H32N6O6. The van der Waals surface area contributed by atoms with Gasteiger partial charge >= 0.3 is 6.09 Å². The highest BCUT2D eigenvalue weighted by atomic mass is 16.5. The van der Waals surface area contributed by atoms with E-state index in [1.807, 2.05) is 50.2 Å². The lowest BCUT2D eigenvalue weighted by Crippen LogP contribution is -2.46. The Morgan fingerprint density at radius 2 is 1.64 bits per heavy atom. The van der Waals surface area contributed by atoms with E-state index in [4.69, 9.17) is 4.42 Å². The Hall–Kier alpha value is -5.13. The minimum atomic E-state index is -1.02. The van der Waals surface area contributed by atoms with Crippen molar-refractivity contribution in [1.29, 1.82) is 0 Å². The number of carbonyl (C=O) groups excluding carboxylic acids is 3. The first kappa shape index (κ1) is 29.8. The molecule has 42 heavy (non-hydrogen) atoms. The number of aromatic nitrogens is 4. The molecule has 12 nitrogen and oxygen atoms in total. The number of ether oxygens (including phenoxy) is 1. The van der Waals surface area contributed by atoms with Gasteiger partial charge in [0.15, 0.2) is 0 Å². The molecule has 218 valence electrons. The maximum absolute atomic E-state index is 13.5. The quantitative estimate of drug-likeness (QED) is 0.269. The van der Waals surface area contributed by atoms with Crippen LogP contribution < -0.4 is 16.2 Å². The van der Waals surface area contributed by atoms with Crippen LogP contribution in [-0.2, 0) is 21.5 Å². The molecule has 0 saturated heterocycles. The number of hydrogen-bond donors (Lipinski definition) is 2. The number of methoxy groups -OCH3 is 1. The van der Waals surface area contributed by atoms with Crippen molar-refractivity contribution in [3.8, 4) is 11.3 Å². The average Bonchev–Trinajstić information content (AvgIpc) is 3.50. The molecule has 0 fully saturated rings. The molecule has 0 aliphatic rings. The number of nitrogens with one attached hydrogen (secondary N) is 2. The molecule has 4 rings (SSSR count). The standard InChI is InChI=1S/C30H32N6O6/c1-18(2)23(24(38)26-34-35-28(42-26)30(3,4)20-14-10-7-11-15-20)32-22(37)17-36-21(19-12-8-6-9-13-19)16-31-25(27(36)39)33-29(40)41-5/h6-16,18,23H,17H2,1-5H3,(H,32,37)(H,31,33,40)/t23-/m1/s1. The van der Waals surface area contributed by atoms with E-state index < -0.39 is 41.3 Å². The Morgan fingerprint density at radius 1 is 1.00 bits per heavy atom. The third kappa shape index (κ3) is 6.43. The van der Waals surface area contributed by atoms with E-state index in [-0.39, 0.29) is 23.5 Å². The Balaban J connectivity index is 1.60. The van der Waals surface area contributed by atoms with Crippen molar-refractivity contribution in [1.82, 2.24) is 25.1 Å². The molecule has 2 aromatic carbocycles. The summed E-state index contributed by atoms with van der Waals surface area (Å²) >= 11 is 0. The molecule has 0 unspecified atom stereocenters. The summed E-state index contributed by atoms with van der Waals surface area (Å²) in [6.45, 7) is 6.88. The smallest absolute Gasteiger partial charge is 0.412 e. The molecule has 12 heteroatoms. The second kappa shape index (κ2) is 12.6. The van der Waals surface area contributed by atoms with Gasteiger partial charge in [0.1, 0.15) is 6.54 Å². The van der Waals surface area contributed by atoms with Crippen LogP contribution in [0.15, 0.2) is 76.1 Å². The van der Waals surface area contributed by atoms with Crippen molar-refractivity contribution in [3.63, 3.8) is 0 Å². The van der Waals surface area contributed by atoms with Gasteiger partial charge < -0.3 is 14.5 Å². The molecule has 4 aromatic rings. The number of nitrogens with zero attached hydrogens (tertiary/aromatic N) is 4. The summed E-state index contributed by atoms with van der Waals surface area (Å²) < 4.78 is 11.5. The molecule has 2 amide bonds. The second-order valence-corrected chi connectivity index (χ2v) is 10.4. The lowest BCUT2D eigenvalue weighted by Gasteiger charge is -2.21. The first-order chi connectivity index (χ1) is 20.0. The first-order valence-electron chi connectivity index (χ1n) is 13.3. The predicted molar refractivity (Wildman–Crippen MR) is 154 cm³/mol.